The maximum Gasteiger partial charge on any atom is 0.321 e. The van der Waals surface area contributed by atoms with Gasteiger partial charge in [-0.1, -0.05) is 12.1 Å². The number of rotatable bonds is 3. The molecule has 0 saturated carbocycles. The molecule has 0 fully saturated rings. The van der Waals surface area contributed by atoms with E-state index in [1.165, 1.54) is 4.90 Å². The van der Waals surface area contributed by atoms with Gasteiger partial charge >= 0.3 is 12.2 Å². The number of carbonyl (C=O) groups is 1. The Balaban J connectivity index is 1.65. The number of carbonyl (C=O) groups excluding carboxylic acids is 1. The van der Waals surface area contributed by atoms with Crippen molar-refractivity contribution in [3.8, 4) is 11.5 Å². The Hall–Kier alpha value is -2.50. The number of likely N-dealkylation sites (N-methyl/N-ethyl adjacent to an activating group) is 1. The summed E-state index contributed by atoms with van der Waals surface area (Å²) >= 11 is 0. The molecule has 0 radical (unpaired) electrons. The smallest absolute Gasteiger partial charge is 0.321 e. The lowest BCUT2D eigenvalue weighted by Gasteiger charge is -2.18. The number of nitrogens with zero attached hydrogens (tertiary/aromatic N) is 2. The quantitative estimate of drug-likeness (QED) is 0.919. The van der Waals surface area contributed by atoms with Crippen molar-refractivity contribution in [2.24, 2.45) is 0 Å². The molecule has 2 heterocycles. The molecule has 20 heavy (non-hydrogen) atoms. The highest BCUT2D eigenvalue weighted by Crippen LogP contribution is 2.34. The molecule has 1 aliphatic rings. The summed E-state index contributed by atoms with van der Waals surface area (Å²) < 4.78 is 11.0. The van der Waals surface area contributed by atoms with E-state index in [-0.39, 0.29) is 5.91 Å². The second-order valence-corrected chi connectivity index (χ2v) is 4.75. The Labute approximate surface area is 116 Å². The minimum atomic E-state index is -0.919. The van der Waals surface area contributed by atoms with Gasteiger partial charge in [-0.2, -0.15) is 5.10 Å². The summed E-state index contributed by atoms with van der Waals surface area (Å²) in [6.07, 6.45) is -0.919. The Kier molecular flexibility index (Phi) is 3.06. The van der Waals surface area contributed by atoms with Gasteiger partial charge in [0.1, 0.15) is 0 Å². The summed E-state index contributed by atoms with van der Waals surface area (Å²) in [6, 6.07) is 9.13. The zero-order valence-corrected chi connectivity index (χ0v) is 11.3. The number of hydrogen-bond donors (Lipinski definition) is 1. The molecule has 6 nitrogen and oxygen atoms in total. The van der Waals surface area contributed by atoms with Crippen LogP contribution in [0.3, 0.4) is 0 Å². The Morgan fingerprint density at radius 2 is 2.00 bits per heavy atom. The lowest BCUT2D eigenvalue weighted by Crippen LogP contribution is -2.40. The fourth-order valence-corrected chi connectivity index (χ4v) is 2.06. The third-order valence-corrected chi connectivity index (χ3v) is 3.05. The molecule has 1 aromatic heterocycles. The molecule has 6 heteroatoms. The maximum atomic E-state index is 12.3. The van der Waals surface area contributed by atoms with Crippen LogP contribution >= 0.6 is 0 Å². The van der Waals surface area contributed by atoms with E-state index in [0.29, 0.717) is 18.0 Å². The van der Waals surface area contributed by atoms with Crippen molar-refractivity contribution in [3.63, 3.8) is 0 Å². The Bertz CT molecular complexity index is 613. The molecule has 2 aromatic rings. The molecular weight excluding hydrogens is 258 g/mol. The van der Waals surface area contributed by atoms with Crippen LogP contribution in [0.4, 0.5) is 0 Å². The highest BCUT2D eigenvalue weighted by Gasteiger charge is 2.32. The molecule has 1 aliphatic heterocycles. The molecule has 0 bridgehead atoms. The lowest BCUT2D eigenvalue weighted by molar-refractivity contribution is -0.147. The number of ether oxygens (including phenoxy) is 2. The van der Waals surface area contributed by atoms with Crippen molar-refractivity contribution in [3.05, 3.63) is 41.7 Å². The predicted octanol–water partition coefficient (Wildman–Crippen LogP) is 1.47. The van der Waals surface area contributed by atoms with Gasteiger partial charge in [0.15, 0.2) is 11.5 Å². The molecule has 1 amide bonds. The molecule has 104 valence electrons. The standard InChI is InChI=1S/C14H15N3O3/c1-9-7-10(16-15-9)8-17(2)13(18)14-19-11-5-3-4-6-12(11)20-14/h3-7,14H,8H2,1-2H3,(H,15,16). The normalized spacial score (nSPS) is 13.5. The zero-order chi connectivity index (χ0) is 14.1. The van der Waals surface area contributed by atoms with Crippen molar-refractivity contribution >= 4 is 5.91 Å². The number of benzene rings is 1. The van der Waals surface area contributed by atoms with E-state index < -0.39 is 6.29 Å². The molecule has 3 rings (SSSR count). The van der Waals surface area contributed by atoms with Gasteiger partial charge in [0.2, 0.25) is 0 Å². The Morgan fingerprint density at radius 1 is 1.35 bits per heavy atom. The summed E-state index contributed by atoms with van der Waals surface area (Å²) in [5.74, 6) is 0.951. The highest BCUT2D eigenvalue weighted by atomic mass is 16.7. The largest absolute Gasteiger partial charge is 0.442 e. The molecule has 0 spiro atoms. The average Bonchev–Trinajstić information content (AvgIpc) is 3.03. The number of aryl methyl sites for hydroxylation is 1. The van der Waals surface area contributed by atoms with Crippen LogP contribution in [0.2, 0.25) is 0 Å². The highest BCUT2D eigenvalue weighted by molar-refractivity contribution is 5.81. The van der Waals surface area contributed by atoms with Crippen molar-refractivity contribution < 1.29 is 14.3 Å². The van der Waals surface area contributed by atoms with E-state index >= 15 is 0 Å². The zero-order valence-electron chi connectivity index (χ0n) is 11.3. The van der Waals surface area contributed by atoms with E-state index in [0.717, 1.165) is 11.4 Å². The van der Waals surface area contributed by atoms with Crippen LogP contribution in [0.5, 0.6) is 11.5 Å². The lowest BCUT2D eigenvalue weighted by atomic mass is 10.3. The maximum absolute atomic E-state index is 12.3. The third kappa shape index (κ3) is 2.32. The van der Waals surface area contributed by atoms with Gasteiger partial charge in [-0.15, -0.1) is 0 Å². The average molecular weight is 273 g/mol. The van der Waals surface area contributed by atoms with E-state index in [1.54, 1.807) is 19.2 Å². The van der Waals surface area contributed by atoms with E-state index in [4.69, 9.17) is 9.47 Å². The summed E-state index contributed by atoms with van der Waals surface area (Å²) in [7, 11) is 1.70. The van der Waals surface area contributed by atoms with Crippen LogP contribution in [0, 0.1) is 6.92 Å². The van der Waals surface area contributed by atoms with Crippen LogP contribution in [-0.4, -0.2) is 34.3 Å². The number of para-hydroxylation sites is 2. The van der Waals surface area contributed by atoms with Crippen molar-refractivity contribution in [1.29, 1.82) is 0 Å². The number of hydrogen-bond acceptors (Lipinski definition) is 4. The second kappa shape index (κ2) is 4.88. The summed E-state index contributed by atoms with van der Waals surface area (Å²) in [5.41, 5.74) is 1.76. The van der Waals surface area contributed by atoms with Gasteiger partial charge < -0.3 is 14.4 Å². The van der Waals surface area contributed by atoms with Gasteiger partial charge in [0.25, 0.3) is 0 Å². The van der Waals surface area contributed by atoms with Crippen molar-refractivity contribution in [1.82, 2.24) is 15.1 Å². The van der Waals surface area contributed by atoms with Crippen LogP contribution in [0.25, 0.3) is 0 Å². The van der Waals surface area contributed by atoms with Gasteiger partial charge in [0.05, 0.1) is 12.2 Å². The molecular formula is C14H15N3O3. The number of nitrogens with one attached hydrogen (secondary N) is 1. The summed E-state index contributed by atoms with van der Waals surface area (Å²) in [4.78, 5) is 13.8. The SMILES string of the molecule is Cc1cc(CN(C)C(=O)C2Oc3ccccc3O2)n[nH]1. The topological polar surface area (TPSA) is 67.5 Å². The Morgan fingerprint density at radius 3 is 2.55 bits per heavy atom. The van der Waals surface area contributed by atoms with Gasteiger partial charge in [-0.25, -0.2) is 0 Å². The number of fused-ring (bicyclic) bond motifs is 1. The minimum Gasteiger partial charge on any atom is -0.442 e. The van der Waals surface area contributed by atoms with Crippen molar-refractivity contribution in [2.45, 2.75) is 19.8 Å². The van der Waals surface area contributed by atoms with Gasteiger partial charge in [-0.05, 0) is 25.1 Å². The van der Waals surface area contributed by atoms with Gasteiger partial charge in [0, 0.05) is 12.7 Å². The molecule has 1 N–H and O–H groups in total. The number of H-pyrrole nitrogens is 1. The first kappa shape index (κ1) is 12.5. The first-order valence-electron chi connectivity index (χ1n) is 6.31. The minimum absolute atomic E-state index is 0.234. The first-order chi connectivity index (χ1) is 9.63. The van der Waals surface area contributed by atoms with Gasteiger partial charge in [-0.3, -0.25) is 9.89 Å². The van der Waals surface area contributed by atoms with E-state index in [2.05, 4.69) is 10.2 Å². The summed E-state index contributed by atoms with van der Waals surface area (Å²) in [5, 5.41) is 6.95. The third-order valence-electron chi connectivity index (χ3n) is 3.05. The number of amides is 1. The number of aromatic amines is 1. The van der Waals surface area contributed by atoms with E-state index in [1.807, 2.05) is 25.1 Å². The van der Waals surface area contributed by atoms with E-state index in [9.17, 15) is 4.79 Å². The summed E-state index contributed by atoms with van der Waals surface area (Å²) in [6.45, 7) is 2.32. The second-order valence-electron chi connectivity index (χ2n) is 4.75. The monoisotopic (exact) mass is 273 g/mol. The molecule has 0 unspecified atom stereocenters. The van der Waals surface area contributed by atoms with Crippen LogP contribution in [0.15, 0.2) is 30.3 Å². The predicted molar refractivity (Wildman–Crippen MR) is 71.3 cm³/mol. The molecule has 1 aromatic carbocycles. The number of aromatic nitrogens is 2. The molecule has 0 saturated heterocycles. The fourth-order valence-electron chi connectivity index (χ4n) is 2.06. The van der Waals surface area contributed by atoms with Crippen LogP contribution in [0.1, 0.15) is 11.4 Å². The fraction of sp³-hybridized carbons (Fsp3) is 0.286. The molecule has 0 atom stereocenters. The van der Waals surface area contributed by atoms with Crippen LogP contribution < -0.4 is 9.47 Å². The van der Waals surface area contributed by atoms with Crippen molar-refractivity contribution in [2.75, 3.05) is 7.05 Å². The first-order valence-corrected chi connectivity index (χ1v) is 6.31. The molecule has 0 aliphatic carbocycles. The van der Waals surface area contributed by atoms with Crippen LogP contribution in [-0.2, 0) is 11.3 Å².